The summed E-state index contributed by atoms with van der Waals surface area (Å²) in [5, 5.41) is 19.1. The first-order valence-electron chi connectivity index (χ1n) is 9.21. The minimum Gasteiger partial charge on any atom is -0.351 e. The molecule has 0 bridgehead atoms. The molecular weight excluding hydrogens is 364 g/mol. The van der Waals surface area contributed by atoms with Gasteiger partial charge in [0.25, 0.3) is 5.91 Å². The molecule has 0 radical (unpaired) electrons. The lowest BCUT2D eigenvalue weighted by atomic mass is 10.1. The van der Waals surface area contributed by atoms with Gasteiger partial charge in [0.2, 0.25) is 0 Å². The smallest absolute Gasteiger partial charge is 0.255 e. The molecule has 140 valence electrons. The molecule has 0 saturated heterocycles. The van der Waals surface area contributed by atoms with Crippen LogP contribution in [0.5, 0.6) is 0 Å². The van der Waals surface area contributed by atoms with Crippen LogP contribution in [0.1, 0.15) is 41.3 Å². The van der Waals surface area contributed by atoms with Gasteiger partial charge in [-0.25, -0.2) is 0 Å². The predicted molar refractivity (Wildman–Crippen MR) is 103 cm³/mol. The van der Waals surface area contributed by atoms with Crippen molar-refractivity contribution in [2.75, 3.05) is 6.54 Å². The number of halogens is 1. The summed E-state index contributed by atoms with van der Waals surface area (Å²) in [6.07, 6.45) is 6.74. The molecule has 8 heteroatoms. The minimum atomic E-state index is -0.163. The maximum absolute atomic E-state index is 12.6. The zero-order valence-electron chi connectivity index (χ0n) is 14.9. The van der Waals surface area contributed by atoms with E-state index in [9.17, 15) is 4.79 Å². The molecule has 0 saturated carbocycles. The largest absolute Gasteiger partial charge is 0.351 e. The number of carbonyl (C=O) groups is 1. The summed E-state index contributed by atoms with van der Waals surface area (Å²) in [5.74, 6) is 1.84. The van der Waals surface area contributed by atoms with Crippen molar-refractivity contribution in [2.24, 2.45) is 0 Å². The minimum absolute atomic E-state index is 0.163. The first-order chi connectivity index (χ1) is 13.2. The summed E-state index contributed by atoms with van der Waals surface area (Å²) >= 11 is 5.94. The van der Waals surface area contributed by atoms with E-state index in [1.54, 1.807) is 18.3 Å². The lowest BCUT2D eigenvalue weighted by Crippen LogP contribution is -2.26. The van der Waals surface area contributed by atoms with Crippen molar-refractivity contribution in [3.63, 3.8) is 0 Å². The molecule has 0 aliphatic carbocycles. The standard InChI is InChI=1S/C19H21ClN6O/c20-14-7-5-13(6-8-14)18-15(12-22-25-18)19(27)21-10-9-17-24-23-16-4-2-1-3-11-26(16)17/h5-8,12H,1-4,9-11H2,(H,21,27)(H,22,25). The predicted octanol–water partition coefficient (Wildman–Crippen LogP) is 3.02. The number of carbonyl (C=O) groups excluding carboxylic acids is 1. The highest BCUT2D eigenvalue weighted by Crippen LogP contribution is 2.23. The van der Waals surface area contributed by atoms with Crippen LogP contribution in [-0.4, -0.2) is 37.4 Å². The zero-order chi connectivity index (χ0) is 18.6. The highest BCUT2D eigenvalue weighted by atomic mass is 35.5. The van der Waals surface area contributed by atoms with Crippen molar-refractivity contribution >= 4 is 17.5 Å². The SMILES string of the molecule is O=C(NCCc1nnc2n1CCCCC2)c1cn[nH]c1-c1ccc(Cl)cc1. The number of aromatic nitrogens is 5. The molecule has 2 N–H and O–H groups in total. The lowest BCUT2D eigenvalue weighted by Gasteiger charge is -2.08. The first-order valence-corrected chi connectivity index (χ1v) is 9.58. The number of nitrogens with one attached hydrogen (secondary N) is 2. The number of benzene rings is 1. The third-order valence-corrected chi connectivity index (χ3v) is 5.09. The van der Waals surface area contributed by atoms with Crippen molar-refractivity contribution in [3.05, 3.63) is 52.7 Å². The third kappa shape index (κ3) is 3.88. The van der Waals surface area contributed by atoms with Crippen LogP contribution in [0, 0.1) is 0 Å². The molecular formula is C19H21ClN6O. The van der Waals surface area contributed by atoms with E-state index >= 15 is 0 Å². The van der Waals surface area contributed by atoms with Gasteiger partial charge >= 0.3 is 0 Å². The van der Waals surface area contributed by atoms with Crippen LogP contribution in [-0.2, 0) is 19.4 Å². The summed E-state index contributed by atoms with van der Waals surface area (Å²) < 4.78 is 2.20. The maximum atomic E-state index is 12.6. The van der Waals surface area contributed by atoms with Crippen molar-refractivity contribution < 1.29 is 4.79 Å². The Labute approximate surface area is 162 Å². The molecule has 1 aromatic carbocycles. The van der Waals surface area contributed by atoms with E-state index in [1.165, 1.54) is 12.8 Å². The molecule has 1 aliphatic heterocycles. The van der Waals surface area contributed by atoms with Gasteiger partial charge < -0.3 is 9.88 Å². The highest BCUT2D eigenvalue weighted by Gasteiger charge is 2.17. The molecule has 0 spiro atoms. The Bertz CT molecular complexity index is 930. The molecule has 3 heterocycles. The van der Waals surface area contributed by atoms with Gasteiger partial charge in [-0.3, -0.25) is 9.89 Å². The monoisotopic (exact) mass is 384 g/mol. The molecule has 27 heavy (non-hydrogen) atoms. The quantitative estimate of drug-likeness (QED) is 0.707. The number of aryl methyl sites for hydroxylation is 1. The van der Waals surface area contributed by atoms with Crippen LogP contribution in [0.3, 0.4) is 0 Å². The molecule has 4 rings (SSSR count). The number of hydrogen-bond donors (Lipinski definition) is 2. The Morgan fingerprint density at radius 3 is 2.89 bits per heavy atom. The van der Waals surface area contributed by atoms with E-state index in [-0.39, 0.29) is 5.91 Å². The van der Waals surface area contributed by atoms with Crippen molar-refractivity contribution in [3.8, 4) is 11.3 Å². The Morgan fingerprint density at radius 2 is 2.04 bits per heavy atom. The van der Waals surface area contributed by atoms with Crippen molar-refractivity contribution in [1.82, 2.24) is 30.3 Å². The molecule has 0 unspecified atom stereocenters. The zero-order valence-corrected chi connectivity index (χ0v) is 15.7. The second-order valence-corrected chi connectivity index (χ2v) is 7.10. The van der Waals surface area contributed by atoms with E-state index in [0.29, 0.717) is 29.2 Å². The number of amides is 1. The second kappa shape index (κ2) is 7.92. The number of aromatic amines is 1. The van der Waals surface area contributed by atoms with E-state index in [4.69, 9.17) is 11.6 Å². The van der Waals surface area contributed by atoms with Crippen LogP contribution < -0.4 is 5.32 Å². The van der Waals surface area contributed by atoms with E-state index in [1.807, 2.05) is 12.1 Å². The number of nitrogens with zero attached hydrogens (tertiary/aromatic N) is 4. The van der Waals surface area contributed by atoms with Crippen molar-refractivity contribution in [2.45, 2.75) is 38.6 Å². The van der Waals surface area contributed by atoms with Crippen LogP contribution in [0.15, 0.2) is 30.5 Å². The Kier molecular flexibility index (Phi) is 5.20. The van der Waals surface area contributed by atoms with Gasteiger partial charge in [0.1, 0.15) is 11.6 Å². The Balaban J connectivity index is 1.40. The lowest BCUT2D eigenvalue weighted by molar-refractivity contribution is 0.0954. The van der Waals surface area contributed by atoms with Gasteiger partial charge in [-0.2, -0.15) is 5.10 Å². The van der Waals surface area contributed by atoms with Gasteiger partial charge in [-0.1, -0.05) is 30.2 Å². The van der Waals surface area contributed by atoms with Crippen LogP contribution in [0.4, 0.5) is 0 Å². The summed E-state index contributed by atoms with van der Waals surface area (Å²) in [6.45, 7) is 1.47. The van der Waals surface area contributed by atoms with Gasteiger partial charge in [0, 0.05) is 36.5 Å². The number of H-pyrrole nitrogens is 1. The summed E-state index contributed by atoms with van der Waals surface area (Å²) in [5.41, 5.74) is 2.06. The molecule has 2 aromatic heterocycles. The molecule has 0 fully saturated rings. The topological polar surface area (TPSA) is 88.5 Å². The maximum Gasteiger partial charge on any atom is 0.255 e. The molecule has 7 nitrogen and oxygen atoms in total. The summed E-state index contributed by atoms with van der Waals surface area (Å²) in [7, 11) is 0. The van der Waals surface area contributed by atoms with E-state index in [2.05, 4.69) is 30.3 Å². The normalized spacial score (nSPS) is 13.8. The van der Waals surface area contributed by atoms with E-state index < -0.39 is 0 Å². The molecule has 1 aliphatic rings. The van der Waals surface area contributed by atoms with Crippen LogP contribution in [0.25, 0.3) is 11.3 Å². The molecule has 0 atom stereocenters. The van der Waals surface area contributed by atoms with Crippen LogP contribution >= 0.6 is 11.6 Å². The average molecular weight is 385 g/mol. The number of hydrogen-bond acceptors (Lipinski definition) is 4. The Morgan fingerprint density at radius 1 is 1.19 bits per heavy atom. The van der Waals surface area contributed by atoms with Gasteiger partial charge in [-0.05, 0) is 25.0 Å². The highest BCUT2D eigenvalue weighted by molar-refractivity contribution is 6.30. The van der Waals surface area contributed by atoms with E-state index in [0.717, 1.165) is 36.6 Å². The number of rotatable bonds is 5. The molecule has 3 aromatic rings. The fourth-order valence-electron chi connectivity index (χ4n) is 3.41. The fraction of sp³-hybridized carbons (Fsp3) is 0.368. The summed E-state index contributed by atoms with van der Waals surface area (Å²) in [6, 6.07) is 7.29. The van der Waals surface area contributed by atoms with Gasteiger partial charge in [0.05, 0.1) is 17.5 Å². The average Bonchev–Trinajstić information content (AvgIpc) is 3.24. The Hall–Kier alpha value is -2.67. The first kappa shape index (κ1) is 17.7. The second-order valence-electron chi connectivity index (χ2n) is 6.67. The fourth-order valence-corrected chi connectivity index (χ4v) is 3.53. The summed E-state index contributed by atoms with van der Waals surface area (Å²) in [4.78, 5) is 12.6. The van der Waals surface area contributed by atoms with Gasteiger partial charge in [0.15, 0.2) is 0 Å². The molecule has 1 amide bonds. The van der Waals surface area contributed by atoms with Gasteiger partial charge in [-0.15, -0.1) is 10.2 Å². The number of fused-ring (bicyclic) bond motifs is 1. The third-order valence-electron chi connectivity index (χ3n) is 4.84. The van der Waals surface area contributed by atoms with Crippen LogP contribution in [0.2, 0.25) is 5.02 Å². The van der Waals surface area contributed by atoms with Crippen molar-refractivity contribution in [1.29, 1.82) is 0 Å².